The quantitative estimate of drug-likeness (QED) is 0.825. The highest BCUT2D eigenvalue weighted by Gasteiger charge is 2.18. The molecule has 18 heavy (non-hydrogen) atoms. The van der Waals surface area contributed by atoms with Crippen molar-refractivity contribution in [2.75, 3.05) is 13.1 Å². The molecule has 96 valence electrons. The minimum atomic E-state index is 0.468. The van der Waals surface area contributed by atoms with Crippen molar-refractivity contribution in [1.82, 2.24) is 14.5 Å². The first kappa shape index (κ1) is 11.7. The van der Waals surface area contributed by atoms with E-state index in [-0.39, 0.29) is 0 Å². The third kappa shape index (κ3) is 2.03. The zero-order chi connectivity index (χ0) is 12.5. The van der Waals surface area contributed by atoms with Crippen molar-refractivity contribution in [3.05, 3.63) is 30.1 Å². The van der Waals surface area contributed by atoms with E-state index >= 15 is 0 Å². The smallest absolute Gasteiger partial charge is 0.124 e. The first-order valence-electron chi connectivity index (χ1n) is 6.94. The lowest BCUT2D eigenvalue weighted by Crippen LogP contribution is -2.21. The molecule has 1 saturated heterocycles. The van der Waals surface area contributed by atoms with Gasteiger partial charge in [-0.25, -0.2) is 4.98 Å². The van der Waals surface area contributed by atoms with E-state index in [1.807, 2.05) is 0 Å². The highest BCUT2D eigenvalue weighted by atomic mass is 15.2. The molecular formula is C15H21N3. The van der Waals surface area contributed by atoms with E-state index < -0.39 is 0 Å². The Balaban J connectivity index is 2.01. The van der Waals surface area contributed by atoms with Crippen molar-refractivity contribution in [3.8, 4) is 0 Å². The summed E-state index contributed by atoms with van der Waals surface area (Å²) in [5.74, 6) is 1.22. The summed E-state index contributed by atoms with van der Waals surface area (Å²) in [5, 5.41) is 0. The van der Waals surface area contributed by atoms with Crippen LogP contribution < -0.4 is 0 Å². The van der Waals surface area contributed by atoms with Crippen LogP contribution >= 0.6 is 0 Å². The van der Waals surface area contributed by atoms with Gasteiger partial charge >= 0.3 is 0 Å². The largest absolute Gasteiger partial charge is 0.324 e. The Bertz CT molecular complexity index is 536. The van der Waals surface area contributed by atoms with Crippen molar-refractivity contribution in [1.29, 1.82) is 0 Å². The van der Waals surface area contributed by atoms with Crippen LogP contribution in [0, 0.1) is 0 Å². The van der Waals surface area contributed by atoms with Crippen LogP contribution in [-0.4, -0.2) is 27.5 Å². The highest BCUT2D eigenvalue weighted by molar-refractivity contribution is 5.76. The van der Waals surface area contributed by atoms with Crippen molar-refractivity contribution < 1.29 is 0 Å². The zero-order valence-electron chi connectivity index (χ0n) is 11.3. The van der Waals surface area contributed by atoms with Gasteiger partial charge in [-0.15, -0.1) is 0 Å². The van der Waals surface area contributed by atoms with Gasteiger partial charge in [0.25, 0.3) is 0 Å². The number of rotatable bonds is 3. The van der Waals surface area contributed by atoms with Crippen LogP contribution in [0.2, 0.25) is 0 Å². The Hall–Kier alpha value is -1.35. The third-order valence-electron chi connectivity index (χ3n) is 3.75. The second-order valence-corrected chi connectivity index (χ2v) is 5.46. The molecule has 0 saturated carbocycles. The number of aromatic nitrogens is 2. The van der Waals surface area contributed by atoms with E-state index in [2.05, 4.69) is 47.6 Å². The summed E-state index contributed by atoms with van der Waals surface area (Å²) < 4.78 is 2.38. The van der Waals surface area contributed by atoms with Crippen LogP contribution in [0.4, 0.5) is 0 Å². The molecular weight excluding hydrogens is 222 g/mol. The zero-order valence-corrected chi connectivity index (χ0v) is 11.3. The maximum absolute atomic E-state index is 4.82. The predicted octanol–water partition coefficient (Wildman–Crippen LogP) is 3.21. The molecule has 0 bridgehead atoms. The number of likely N-dealkylation sites (tertiary alicyclic amines) is 1. The molecule has 3 nitrogen and oxygen atoms in total. The summed E-state index contributed by atoms with van der Waals surface area (Å²) in [5.41, 5.74) is 2.39. The first-order chi connectivity index (χ1) is 8.75. The highest BCUT2D eigenvalue weighted by Crippen LogP contribution is 2.22. The van der Waals surface area contributed by atoms with E-state index in [9.17, 15) is 0 Å². The van der Waals surface area contributed by atoms with Crippen LogP contribution in [0.15, 0.2) is 24.3 Å². The molecule has 2 aromatic rings. The van der Waals surface area contributed by atoms with Gasteiger partial charge in [-0.3, -0.25) is 4.90 Å². The Morgan fingerprint density at radius 1 is 1.17 bits per heavy atom. The standard InChI is InChI=1S/C15H21N3/c1-12(2)18-14-8-4-3-7-13(14)16-15(18)11-17-9-5-6-10-17/h3-4,7-8,12H,5-6,9-11H2,1-2H3. The van der Waals surface area contributed by atoms with Gasteiger partial charge < -0.3 is 4.57 Å². The monoisotopic (exact) mass is 243 g/mol. The molecule has 1 aromatic carbocycles. The van der Waals surface area contributed by atoms with E-state index in [4.69, 9.17) is 4.98 Å². The topological polar surface area (TPSA) is 21.1 Å². The Morgan fingerprint density at radius 3 is 2.61 bits per heavy atom. The van der Waals surface area contributed by atoms with E-state index in [0.717, 1.165) is 12.1 Å². The SMILES string of the molecule is CC(C)n1c(CN2CCCC2)nc2ccccc21. The number of benzene rings is 1. The number of nitrogens with zero attached hydrogens (tertiary/aromatic N) is 3. The number of hydrogen-bond donors (Lipinski definition) is 0. The maximum Gasteiger partial charge on any atom is 0.124 e. The minimum Gasteiger partial charge on any atom is -0.324 e. The lowest BCUT2D eigenvalue weighted by Gasteiger charge is -2.18. The van der Waals surface area contributed by atoms with Gasteiger partial charge in [0.2, 0.25) is 0 Å². The van der Waals surface area contributed by atoms with Crippen LogP contribution in [0.25, 0.3) is 11.0 Å². The predicted molar refractivity (Wildman–Crippen MR) is 74.6 cm³/mol. The molecule has 0 atom stereocenters. The number of hydrogen-bond acceptors (Lipinski definition) is 2. The van der Waals surface area contributed by atoms with Gasteiger partial charge in [-0.2, -0.15) is 0 Å². The second kappa shape index (κ2) is 4.73. The first-order valence-corrected chi connectivity index (χ1v) is 6.94. The normalized spacial score (nSPS) is 17.1. The van der Waals surface area contributed by atoms with Gasteiger partial charge in [-0.05, 0) is 51.9 Å². The fourth-order valence-corrected chi connectivity index (χ4v) is 2.92. The molecule has 3 heteroatoms. The summed E-state index contributed by atoms with van der Waals surface area (Å²) in [6.45, 7) is 7.92. The third-order valence-corrected chi connectivity index (χ3v) is 3.75. The van der Waals surface area contributed by atoms with Gasteiger partial charge in [0.1, 0.15) is 5.82 Å². The molecule has 1 aliphatic heterocycles. The van der Waals surface area contributed by atoms with Crippen LogP contribution in [0.3, 0.4) is 0 Å². The summed E-state index contributed by atoms with van der Waals surface area (Å²) in [6, 6.07) is 8.93. The van der Waals surface area contributed by atoms with Crippen molar-refractivity contribution >= 4 is 11.0 Å². The molecule has 0 spiro atoms. The summed E-state index contributed by atoms with van der Waals surface area (Å²) in [6.07, 6.45) is 2.67. The Morgan fingerprint density at radius 2 is 1.89 bits per heavy atom. The summed E-state index contributed by atoms with van der Waals surface area (Å²) in [7, 11) is 0. The average Bonchev–Trinajstić information content (AvgIpc) is 2.95. The van der Waals surface area contributed by atoms with Gasteiger partial charge in [0, 0.05) is 6.04 Å². The fraction of sp³-hybridized carbons (Fsp3) is 0.533. The second-order valence-electron chi connectivity index (χ2n) is 5.46. The molecule has 0 aliphatic carbocycles. The average molecular weight is 243 g/mol. The molecule has 0 unspecified atom stereocenters. The van der Waals surface area contributed by atoms with Crippen LogP contribution in [0.1, 0.15) is 38.6 Å². The van der Waals surface area contributed by atoms with E-state index in [0.29, 0.717) is 6.04 Å². The molecule has 1 aromatic heterocycles. The number of fused-ring (bicyclic) bond motifs is 1. The fourth-order valence-electron chi connectivity index (χ4n) is 2.92. The van der Waals surface area contributed by atoms with E-state index in [1.54, 1.807) is 0 Å². The molecule has 1 aliphatic rings. The summed E-state index contributed by atoms with van der Waals surface area (Å²) >= 11 is 0. The Labute approximate surface area is 108 Å². The lowest BCUT2D eigenvalue weighted by molar-refractivity contribution is 0.314. The van der Waals surface area contributed by atoms with E-state index in [1.165, 1.54) is 37.3 Å². The van der Waals surface area contributed by atoms with Crippen molar-refractivity contribution in [3.63, 3.8) is 0 Å². The van der Waals surface area contributed by atoms with Crippen molar-refractivity contribution in [2.45, 2.75) is 39.3 Å². The van der Waals surface area contributed by atoms with Gasteiger partial charge in [0.15, 0.2) is 0 Å². The molecule has 1 fully saturated rings. The maximum atomic E-state index is 4.82. The molecule has 0 amide bonds. The van der Waals surface area contributed by atoms with Gasteiger partial charge in [-0.1, -0.05) is 12.1 Å². The molecule has 0 radical (unpaired) electrons. The lowest BCUT2D eigenvalue weighted by atomic mass is 10.3. The number of imidazole rings is 1. The Kier molecular flexibility index (Phi) is 3.08. The molecule has 0 N–H and O–H groups in total. The summed E-state index contributed by atoms with van der Waals surface area (Å²) in [4.78, 5) is 7.33. The van der Waals surface area contributed by atoms with Gasteiger partial charge in [0.05, 0.1) is 17.6 Å². The van der Waals surface area contributed by atoms with Crippen LogP contribution in [0.5, 0.6) is 0 Å². The number of para-hydroxylation sites is 2. The molecule has 3 rings (SSSR count). The molecule has 2 heterocycles. The van der Waals surface area contributed by atoms with Crippen LogP contribution in [-0.2, 0) is 6.54 Å². The minimum absolute atomic E-state index is 0.468. The van der Waals surface area contributed by atoms with Crippen molar-refractivity contribution in [2.24, 2.45) is 0 Å².